The Kier molecular flexibility index (Phi) is 4.74. The second kappa shape index (κ2) is 6.76. The number of hydrogen-bond acceptors (Lipinski definition) is 7. The molecule has 3 N–H and O–H groups in total. The molecule has 8 heteroatoms. The van der Waals surface area contributed by atoms with E-state index < -0.39 is 24.5 Å². The van der Waals surface area contributed by atoms with Crippen LogP contribution in [0.5, 0.6) is 0 Å². The van der Waals surface area contributed by atoms with Crippen LogP contribution in [0.3, 0.4) is 0 Å². The highest BCUT2D eigenvalue weighted by atomic mass is 32.2. The number of aliphatic hydroxyl groups excluding tert-OH is 3. The summed E-state index contributed by atoms with van der Waals surface area (Å²) in [4.78, 5) is 4.17. The summed E-state index contributed by atoms with van der Waals surface area (Å²) in [5.74, 6) is 0.703. The molecule has 1 aromatic heterocycles. The van der Waals surface area contributed by atoms with Crippen molar-refractivity contribution in [3.8, 4) is 0 Å². The molecule has 1 saturated heterocycles. The number of nitrogens with zero attached hydrogens (tertiary/aromatic N) is 3. The molecule has 0 saturated carbocycles. The lowest BCUT2D eigenvalue weighted by molar-refractivity contribution is -0.0631. The Morgan fingerprint density at radius 2 is 1.95 bits per heavy atom. The molecule has 1 fully saturated rings. The largest absolute Gasteiger partial charge is 0.394 e. The summed E-state index contributed by atoms with van der Waals surface area (Å²) in [5.41, 5.74) is 1.14. The van der Waals surface area contributed by atoms with Gasteiger partial charge in [0.25, 0.3) is 0 Å². The topological polar surface area (TPSA) is 101 Å². The predicted octanol–water partition coefficient (Wildman–Crippen LogP) is 0.182. The molecule has 2 aromatic rings. The Labute approximate surface area is 131 Å². The number of thioether (sulfide) groups is 1. The van der Waals surface area contributed by atoms with Gasteiger partial charge in [-0.3, -0.25) is 0 Å². The van der Waals surface area contributed by atoms with Crippen molar-refractivity contribution in [2.24, 2.45) is 0 Å². The summed E-state index contributed by atoms with van der Waals surface area (Å²) >= 11 is 1.46. The van der Waals surface area contributed by atoms with Gasteiger partial charge in [-0.2, -0.15) is 5.10 Å². The molecule has 22 heavy (non-hydrogen) atoms. The quantitative estimate of drug-likeness (QED) is 0.675. The van der Waals surface area contributed by atoms with Crippen LogP contribution in [-0.4, -0.2) is 55.0 Å². The molecule has 0 radical (unpaired) electrons. The third-order valence-corrected chi connectivity index (χ3v) is 4.54. The maximum atomic E-state index is 10.1. The lowest BCUT2D eigenvalue weighted by atomic mass is 10.1. The first kappa shape index (κ1) is 15.4. The molecule has 2 heterocycles. The first-order valence-electron chi connectivity index (χ1n) is 6.89. The summed E-state index contributed by atoms with van der Waals surface area (Å²) in [6.07, 6.45) is -2.60. The van der Waals surface area contributed by atoms with Crippen LogP contribution >= 0.6 is 11.8 Å². The van der Waals surface area contributed by atoms with Crippen LogP contribution in [0.15, 0.2) is 41.8 Å². The van der Waals surface area contributed by atoms with E-state index in [1.807, 2.05) is 30.3 Å². The standard InChI is InChI=1S/C14H17N3O4S/c18-6-10-11(19)12(20)13(21-10)17-14(15-8-16-17)22-7-9-4-2-1-3-5-9/h1-5,8,10-13,18-20H,6-7H2/t10-,11-,12-,13-/m1/s1. The highest BCUT2D eigenvalue weighted by molar-refractivity contribution is 7.98. The summed E-state index contributed by atoms with van der Waals surface area (Å²) in [6, 6.07) is 9.91. The molecule has 0 bridgehead atoms. The van der Waals surface area contributed by atoms with Crippen LogP contribution in [0.4, 0.5) is 0 Å². The number of hydrogen-bond donors (Lipinski definition) is 3. The third-order valence-electron chi connectivity index (χ3n) is 3.51. The summed E-state index contributed by atoms with van der Waals surface area (Å²) in [7, 11) is 0. The second-order valence-corrected chi connectivity index (χ2v) is 5.93. The monoisotopic (exact) mass is 323 g/mol. The second-order valence-electron chi connectivity index (χ2n) is 4.99. The van der Waals surface area contributed by atoms with Gasteiger partial charge >= 0.3 is 0 Å². The maximum Gasteiger partial charge on any atom is 0.188 e. The van der Waals surface area contributed by atoms with Crippen molar-refractivity contribution in [1.82, 2.24) is 14.8 Å². The highest BCUT2D eigenvalue weighted by Crippen LogP contribution is 2.32. The summed E-state index contributed by atoms with van der Waals surface area (Å²) < 4.78 is 6.91. The van der Waals surface area contributed by atoms with Gasteiger partial charge in [-0.05, 0) is 5.56 Å². The van der Waals surface area contributed by atoms with Crippen molar-refractivity contribution in [3.05, 3.63) is 42.2 Å². The van der Waals surface area contributed by atoms with E-state index in [1.165, 1.54) is 22.8 Å². The zero-order valence-corrected chi connectivity index (χ0v) is 12.5. The molecular formula is C14H17N3O4S. The van der Waals surface area contributed by atoms with Crippen molar-refractivity contribution < 1.29 is 20.1 Å². The van der Waals surface area contributed by atoms with Crippen molar-refractivity contribution in [2.45, 2.75) is 35.4 Å². The van der Waals surface area contributed by atoms with E-state index >= 15 is 0 Å². The van der Waals surface area contributed by atoms with Gasteiger partial charge in [-0.25, -0.2) is 9.67 Å². The Morgan fingerprint density at radius 3 is 2.64 bits per heavy atom. The fourth-order valence-corrected chi connectivity index (χ4v) is 3.21. The molecule has 0 amide bonds. The van der Waals surface area contributed by atoms with Crippen molar-refractivity contribution in [3.63, 3.8) is 0 Å². The van der Waals surface area contributed by atoms with Gasteiger partial charge in [0.2, 0.25) is 0 Å². The van der Waals surface area contributed by atoms with Crippen molar-refractivity contribution in [1.29, 1.82) is 0 Å². The molecule has 1 aliphatic rings. The van der Waals surface area contributed by atoms with Gasteiger partial charge in [0.05, 0.1) is 6.61 Å². The van der Waals surface area contributed by atoms with Crippen LogP contribution in [0.25, 0.3) is 0 Å². The number of aliphatic hydroxyl groups is 3. The van der Waals surface area contributed by atoms with E-state index in [0.29, 0.717) is 10.9 Å². The number of ether oxygens (including phenoxy) is 1. The van der Waals surface area contributed by atoms with E-state index in [-0.39, 0.29) is 6.61 Å². The van der Waals surface area contributed by atoms with Gasteiger partial charge in [-0.1, -0.05) is 42.1 Å². The van der Waals surface area contributed by atoms with E-state index in [2.05, 4.69) is 10.1 Å². The molecule has 0 unspecified atom stereocenters. The first-order chi connectivity index (χ1) is 10.7. The highest BCUT2D eigenvalue weighted by Gasteiger charge is 2.44. The lowest BCUT2D eigenvalue weighted by Gasteiger charge is -2.16. The number of rotatable bonds is 5. The van der Waals surface area contributed by atoms with E-state index in [9.17, 15) is 10.2 Å². The molecule has 4 atom stereocenters. The SMILES string of the molecule is OC[C@H]1O[C@@H](n2ncnc2SCc2ccccc2)[C@H](O)[C@@H]1O. The smallest absolute Gasteiger partial charge is 0.188 e. The average molecular weight is 323 g/mol. The number of aromatic nitrogens is 3. The summed E-state index contributed by atoms with van der Waals surface area (Å²) in [5, 5.41) is 33.7. The van der Waals surface area contributed by atoms with Crippen LogP contribution in [0.1, 0.15) is 11.8 Å². The van der Waals surface area contributed by atoms with E-state index in [4.69, 9.17) is 9.84 Å². The molecular weight excluding hydrogens is 306 g/mol. The molecule has 0 aliphatic carbocycles. The van der Waals surface area contributed by atoms with Crippen LogP contribution in [0, 0.1) is 0 Å². The van der Waals surface area contributed by atoms with Crippen LogP contribution in [-0.2, 0) is 10.5 Å². The molecule has 0 spiro atoms. The van der Waals surface area contributed by atoms with Gasteiger partial charge < -0.3 is 20.1 Å². The minimum atomic E-state index is -1.16. The fourth-order valence-electron chi connectivity index (χ4n) is 2.32. The Balaban J connectivity index is 1.72. The Morgan fingerprint density at radius 1 is 1.18 bits per heavy atom. The normalized spacial score (nSPS) is 28.1. The maximum absolute atomic E-state index is 10.1. The molecule has 7 nitrogen and oxygen atoms in total. The number of benzene rings is 1. The zero-order chi connectivity index (χ0) is 15.5. The Bertz CT molecular complexity index is 609. The zero-order valence-electron chi connectivity index (χ0n) is 11.7. The van der Waals surface area contributed by atoms with Crippen LogP contribution < -0.4 is 0 Å². The predicted molar refractivity (Wildman–Crippen MR) is 79.0 cm³/mol. The van der Waals surface area contributed by atoms with Crippen molar-refractivity contribution >= 4 is 11.8 Å². The summed E-state index contributed by atoms with van der Waals surface area (Å²) in [6.45, 7) is -0.365. The van der Waals surface area contributed by atoms with Gasteiger partial charge in [-0.15, -0.1) is 0 Å². The molecule has 1 aliphatic heterocycles. The van der Waals surface area contributed by atoms with Gasteiger partial charge in [0.15, 0.2) is 11.4 Å². The average Bonchev–Trinajstić information content (AvgIpc) is 3.12. The van der Waals surface area contributed by atoms with Crippen molar-refractivity contribution in [2.75, 3.05) is 6.61 Å². The third kappa shape index (κ3) is 3.01. The minimum absolute atomic E-state index is 0.365. The molecule has 118 valence electrons. The Hall–Kier alpha value is -1.45. The van der Waals surface area contributed by atoms with Gasteiger partial charge in [0, 0.05) is 5.75 Å². The minimum Gasteiger partial charge on any atom is -0.394 e. The fraction of sp³-hybridized carbons (Fsp3) is 0.429. The molecule has 1 aromatic carbocycles. The first-order valence-corrected chi connectivity index (χ1v) is 7.88. The molecule has 3 rings (SSSR count). The lowest BCUT2D eigenvalue weighted by Crippen LogP contribution is -2.33. The van der Waals surface area contributed by atoms with Gasteiger partial charge in [0.1, 0.15) is 24.6 Å². The van der Waals surface area contributed by atoms with E-state index in [1.54, 1.807) is 0 Å². The van der Waals surface area contributed by atoms with E-state index in [0.717, 1.165) is 5.56 Å². The van der Waals surface area contributed by atoms with Crippen LogP contribution in [0.2, 0.25) is 0 Å².